The zero-order chi connectivity index (χ0) is 22.1. The third-order valence-electron chi connectivity index (χ3n) is 3.75. The maximum Gasteiger partial charge on any atom is 0.347 e. The van der Waals surface area contributed by atoms with E-state index in [2.05, 4.69) is 4.72 Å². The molecule has 0 atom stereocenters. The number of rotatable bonds is 14. The standard InChI is InChI=1S/C17H31NO8P2S/c1-6-23-27(19,24-7-2)17(28(20,25-8-3)26-9-4)14-18-29(21,22)16-12-10-15(5)11-13-16/h10-13,17-18H,6-9,14H2,1-5H3. The number of hydrogen-bond acceptors (Lipinski definition) is 8. The summed E-state index contributed by atoms with van der Waals surface area (Å²) in [5.41, 5.74) is 0.899. The first-order chi connectivity index (χ1) is 13.6. The molecule has 1 rings (SSSR count). The van der Waals surface area contributed by atoms with Crippen LogP contribution in [0.15, 0.2) is 29.2 Å². The Balaban J connectivity index is 3.31. The van der Waals surface area contributed by atoms with E-state index in [0.29, 0.717) is 0 Å². The number of hydrogen-bond donors (Lipinski definition) is 1. The second-order valence-corrected chi connectivity index (χ2v) is 12.5. The molecule has 0 heterocycles. The summed E-state index contributed by atoms with van der Waals surface area (Å²) in [5.74, 6) is 0. The molecule has 168 valence electrons. The Labute approximate surface area is 173 Å². The molecule has 1 N–H and O–H groups in total. The maximum absolute atomic E-state index is 13.4. The Morgan fingerprint density at radius 2 is 1.21 bits per heavy atom. The van der Waals surface area contributed by atoms with Crippen molar-refractivity contribution in [2.24, 2.45) is 0 Å². The Morgan fingerprint density at radius 1 is 0.828 bits per heavy atom. The van der Waals surface area contributed by atoms with Crippen LogP contribution in [0.5, 0.6) is 0 Å². The molecular formula is C17H31NO8P2S. The smallest absolute Gasteiger partial charge is 0.308 e. The normalized spacial score (nSPS) is 13.2. The van der Waals surface area contributed by atoms with Crippen molar-refractivity contribution in [2.75, 3.05) is 33.0 Å². The van der Waals surface area contributed by atoms with Gasteiger partial charge in [0.2, 0.25) is 10.0 Å². The van der Waals surface area contributed by atoms with Crippen LogP contribution in [0.1, 0.15) is 33.3 Å². The van der Waals surface area contributed by atoms with E-state index in [4.69, 9.17) is 18.1 Å². The summed E-state index contributed by atoms with van der Waals surface area (Å²) in [6, 6.07) is 6.20. The van der Waals surface area contributed by atoms with Crippen molar-refractivity contribution in [3.63, 3.8) is 0 Å². The van der Waals surface area contributed by atoms with E-state index in [1.54, 1.807) is 39.8 Å². The van der Waals surface area contributed by atoms with Gasteiger partial charge in [0.15, 0.2) is 5.40 Å². The van der Waals surface area contributed by atoms with Crippen LogP contribution in [0.4, 0.5) is 0 Å². The molecule has 0 bridgehead atoms. The van der Waals surface area contributed by atoms with Crippen molar-refractivity contribution in [3.8, 4) is 0 Å². The molecule has 0 fully saturated rings. The van der Waals surface area contributed by atoms with Gasteiger partial charge in [-0.3, -0.25) is 9.13 Å². The summed E-state index contributed by atoms with van der Waals surface area (Å²) in [5, 5.41) is -1.46. The third-order valence-corrected chi connectivity index (χ3v) is 11.2. The van der Waals surface area contributed by atoms with Crippen molar-refractivity contribution in [1.29, 1.82) is 0 Å². The highest BCUT2D eigenvalue weighted by Crippen LogP contribution is 2.70. The monoisotopic (exact) mass is 471 g/mol. The van der Waals surface area contributed by atoms with Crippen LogP contribution >= 0.6 is 15.2 Å². The third kappa shape index (κ3) is 7.26. The lowest BCUT2D eigenvalue weighted by molar-refractivity contribution is 0.195. The summed E-state index contributed by atoms with van der Waals surface area (Å²) in [6.07, 6.45) is 0. The fourth-order valence-electron chi connectivity index (χ4n) is 2.52. The quantitative estimate of drug-likeness (QED) is 0.403. The Morgan fingerprint density at radius 3 is 1.55 bits per heavy atom. The lowest BCUT2D eigenvalue weighted by atomic mass is 10.2. The Bertz CT molecular complexity index is 778. The molecule has 12 heteroatoms. The SMILES string of the molecule is CCOP(=O)(OCC)C(CNS(=O)(=O)c1ccc(C)cc1)P(=O)(OCC)OCC. The molecule has 0 amide bonds. The summed E-state index contributed by atoms with van der Waals surface area (Å²) < 4.78 is 75.8. The molecule has 1 aromatic rings. The molecular weight excluding hydrogens is 440 g/mol. The van der Waals surface area contributed by atoms with Gasteiger partial charge in [-0.05, 0) is 46.8 Å². The average molecular weight is 471 g/mol. The van der Waals surface area contributed by atoms with Crippen LogP contribution in [0.3, 0.4) is 0 Å². The number of aryl methyl sites for hydroxylation is 1. The second-order valence-electron chi connectivity index (χ2n) is 5.90. The lowest BCUT2D eigenvalue weighted by Gasteiger charge is -2.31. The first kappa shape index (κ1) is 26.5. The highest BCUT2D eigenvalue weighted by atomic mass is 32.2. The number of sulfonamides is 1. The molecule has 0 saturated heterocycles. The van der Waals surface area contributed by atoms with Gasteiger partial charge < -0.3 is 18.1 Å². The molecule has 0 aliphatic rings. The minimum atomic E-state index is -4.04. The molecule has 0 aromatic heterocycles. The predicted molar refractivity (Wildman–Crippen MR) is 112 cm³/mol. The minimum absolute atomic E-state index is 0.0107. The van der Waals surface area contributed by atoms with Gasteiger partial charge in [0.05, 0.1) is 31.3 Å². The van der Waals surface area contributed by atoms with Crippen LogP contribution in [-0.2, 0) is 37.2 Å². The van der Waals surface area contributed by atoms with Gasteiger partial charge in [0.1, 0.15) is 0 Å². The van der Waals surface area contributed by atoms with Gasteiger partial charge in [-0.15, -0.1) is 0 Å². The van der Waals surface area contributed by atoms with Crippen LogP contribution in [0, 0.1) is 6.92 Å². The maximum atomic E-state index is 13.4. The van der Waals surface area contributed by atoms with E-state index >= 15 is 0 Å². The van der Waals surface area contributed by atoms with E-state index in [9.17, 15) is 17.5 Å². The largest absolute Gasteiger partial charge is 0.347 e. The van der Waals surface area contributed by atoms with Gasteiger partial charge in [-0.25, -0.2) is 13.1 Å². The molecule has 0 radical (unpaired) electrons. The molecule has 9 nitrogen and oxygen atoms in total. The highest BCUT2D eigenvalue weighted by Gasteiger charge is 2.51. The van der Waals surface area contributed by atoms with Crippen LogP contribution in [-0.4, -0.2) is 46.8 Å². The van der Waals surface area contributed by atoms with Gasteiger partial charge in [-0.2, -0.15) is 0 Å². The second kappa shape index (κ2) is 11.7. The minimum Gasteiger partial charge on any atom is -0.308 e. The summed E-state index contributed by atoms with van der Waals surface area (Å²) in [7, 11) is -12.0. The van der Waals surface area contributed by atoms with Crippen LogP contribution < -0.4 is 4.72 Å². The van der Waals surface area contributed by atoms with Crippen molar-refractivity contribution >= 4 is 25.2 Å². The van der Waals surface area contributed by atoms with Gasteiger partial charge in [0.25, 0.3) is 0 Å². The van der Waals surface area contributed by atoms with Crippen molar-refractivity contribution in [1.82, 2.24) is 4.72 Å². The molecule has 0 aliphatic heterocycles. The molecule has 29 heavy (non-hydrogen) atoms. The summed E-state index contributed by atoms with van der Waals surface area (Å²) >= 11 is 0. The van der Waals surface area contributed by atoms with Crippen molar-refractivity contribution in [2.45, 2.75) is 44.9 Å². The molecule has 0 aliphatic carbocycles. The van der Waals surface area contributed by atoms with E-state index in [-0.39, 0.29) is 31.3 Å². The van der Waals surface area contributed by atoms with Gasteiger partial charge >= 0.3 is 15.2 Å². The van der Waals surface area contributed by atoms with E-state index in [0.717, 1.165) is 5.56 Å². The van der Waals surface area contributed by atoms with E-state index in [1.807, 2.05) is 6.92 Å². The molecule has 0 unspecified atom stereocenters. The van der Waals surface area contributed by atoms with E-state index in [1.165, 1.54) is 12.1 Å². The first-order valence-electron chi connectivity index (χ1n) is 9.42. The molecule has 0 saturated carbocycles. The molecule has 0 spiro atoms. The first-order valence-corrected chi connectivity index (χ1v) is 14.1. The Hall–Kier alpha value is -0.570. The average Bonchev–Trinajstić information content (AvgIpc) is 2.62. The zero-order valence-corrected chi connectivity index (χ0v) is 20.1. The van der Waals surface area contributed by atoms with Crippen molar-refractivity contribution in [3.05, 3.63) is 29.8 Å². The number of benzene rings is 1. The summed E-state index contributed by atoms with van der Waals surface area (Å²) in [6.45, 7) is 7.78. The zero-order valence-electron chi connectivity index (χ0n) is 17.5. The highest BCUT2D eigenvalue weighted by molar-refractivity contribution is 7.89. The van der Waals surface area contributed by atoms with E-state index < -0.39 is 37.2 Å². The van der Waals surface area contributed by atoms with Crippen LogP contribution in [0.2, 0.25) is 0 Å². The molecule has 1 aromatic carbocycles. The topological polar surface area (TPSA) is 117 Å². The lowest BCUT2D eigenvalue weighted by Crippen LogP contribution is -2.34. The van der Waals surface area contributed by atoms with Crippen molar-refractivity contribution < 1.29 is 35.6 Å². The fourth-order valence-corrected chi connectivity index (χ4v) is 8.91. The predicted octanol–water partition coefficient (Wildman–Crippen LogP) is 4.13. The van der Waals surface area contributed by atoms with Crippen LogP contribution in [0.25, 0.3) is 0 Å². The Kier molecular flexibility index (Phi) is 10.7. The van der Waals surface area contributed by atoms with Gasteiger partial charge in [-0.1, -0.05) is 17.7 Å². The fraction of sp³-hybridized carbons (Fsp3) is 0.647. The summed E-state index contributed by atoms with van der Waals surface area (Å²) in [4.78, 5) is 0.0205. The number of nitrogens with one attached hydrogen (secondary N) is 1. The van der Waals surface area contributed by atoms with Gasteiger partial charge in [0, 0.05) is 6.54 Å².